The largest absolute Gasteiger partial charge is 0.497 e. The third-order valence-corrected chi connectivity index (χ3v) is 9.02. The molecule has 0 N–H and O–H groups in total. The summed E-state index contributed by atoms with van der Waals surface area (Å²) >= 11 is 7.66. The Hall–Kier alpha value is -2.43. The molecular weight excluding hydrogens is 488 g/mol. The third-order valence-electron chi connectivity index (χ3n) is 5.51. The molecule has 2 fully saturated rings. The van der Waals surface area contributed by atoms with Crippen LogP contribution in [0.4, 0.5) is 5.69 Å². The summed E-state index contributed by atoms with van der Waals surface area (Å²) in [5.74, 6) is 1.22. The average Bonchev–Trinajstić information content (AvgIpc) is 3.24. The highest BCUT2D eigenvalue weighted by Gasteiger charge is 2.50. The monoisotopic (exact) mass is 510 g/mol. The number of sulfone groups is 1. The van der Waals surface area contributed by atoms with Crippen molar-refractivity contribution in [3.05, 3.63) is 47.0 Å². The Labute approximate surface area is 201 Å². The van der Waals surface area contributed by atoms with Gasteiger partial charge in [0.1, 0.15) is 17.2 Å². The van der Waals surface area contributed by atoms with E-state index in [1.54, 1.807) is 36.3 Å². The maximum Gasteiger partial charge on any atom is 0.252 e. The Balaban J connectivity index is 1.70. The zero-order chi connectivity index (χ0) is 23.8. The van der Waals surface area contributed by atoms with Crippen molar-refractivity contribution in [3.63, 3.8) is 0 Å². The van der Waals surface area contributed by atoms with Crippen molar-refractivity contribution in [2.75, 3.05) is 37.7 Å². The average molecular weight is 511 g/mol. The van der Waals surface area contributed by atoms with Crippen molar-refractivity contribution in [1.82, 2.24) is 0 Å². The number of amides is 1. The lowest BCUT2D eigenvalue weighted by Crippen LogP contribution is -2.38. The van der Waals surface area contributed by atoms with Gasteiger partial charge in [0.25, 0.3) is 5.91 Å². The first-order chi connectivity index (χ1) is 15.7. The molecule has 2 atom stereocenters. The molecule has 0 spiro atoms. The van der Waals surface area contributed by atoms with Crippen LogP contribution in [0.1, 0.15) is 5.56 Å². The minimum absolute atomic E-state index is 0.0245. The van der Waals surface area contributed by atoms with E-state index >= 15 is 0 Å². The first-order valence-corrected chi connectivity index (χ1v) is 13.1. The van der Waals surface area contributed by atoms with Crippen molar-refractivity contribution in [2.24, 2.45) is 4.99 Å². The molecule has 2 aliphatic heterocycles. The van der Waals surface area contributed by atoms with Gasteiger partial charge in [-0.05, 0) is 23.8 Å². The normalized spacial score (nSPS) is 22.3. The molecule has 4 rings (SSSR count). The lowest BCUT2D eigenvalue weighted by Gasteiger charge is -2.26. The summed E-state index contributed by atoms with van der Waals surface area (Å²) in [6.07, 6.45) is 0.107. The maximum absolute atomic E-state index is 12.8. The van der Waals surface area contributed by atoms with Crippen LogP contribution in [0, 0.1) is 0 Å². The van der Waals surface area contributed by atoms with Crippen LogP contribution in [0.25, 0.3) is 0 Å². The molecule has 2 heterocycles. The molecule has 2 aromatic rings. The number of anilines is 1. The molecule has 0 aliphatic carbocycles. The van der Waals surface area contributed by atoms with Crippen LogP contribution in [-0.4, -0.2) is 63.6 Å². The number of rotatable bonds is 6. The standard InChI is InChI=1S/C22H23ClN2O6S2/c1-29-14-6-4-13(5-7-14)8-21(26)24-22-25(17-11-33(27,28)12-20(17)32-22)16-9-15(23)18(30-2)10-19(16)31-3/h4-7,9-10,17,20H,8,11-12H2,1-3H3/t17-,20-/m0/s1. The number of carbonyl (C=O) groups excluding carboxylic acids is 1. The summed E-state index contributed by atoms with van der Waals surface area (Å²) in [7, 11) is 1.37. The van der Waals surface area contributed by atoms with Crippen molar-refractivity contribution >= 4 is 50.0 Å². The molecule has 0 saturated carbocycles. The van der Waals surface area contributed by atoms with E-state index in [2.05, 4.69) is 4.99 Å². The number of thioether (sulfide) groups is 1. The van der Waals surface area contributed by atoms with Gasteiger partial charge in [-0.2, -0.15) is 4.99 Å². The summed E-state index contributed by atoms with van der Waals surface area (Å²) in [5.41, 5.74) is 1.34. The van der Waals surface area contributed by atoms with Crippen molar-refractivity contribution < 1.29 is 27.4 Å². The van der Waals surface area contributed by atoms with Gasteiger partial charge >= 0.3 is 0 Å². The quantitative estimate of drug-likeness (QED) is 0.584. The molecular formula is C22H23ClN2O6S2. The molecule has 2 saturated heterocycles. The number of carbonyl (C=O) groups is 1. The molecule has 1 amide bonds. The summed E-state index contributed by atoms with van der Waals surface area (Å²) in [6.45, 7) is 0. The van der Waals surface area contributed by atoms with Crippen molar-refractivity contribution in [3.8, 4) is 17.2 Å². The number of ether oxygens (including phenoxy) is 3. The molecule has 0 unspecified atom stereocenters. The molecule has 11 heteroatoms. The lowest BCUT2D eigenvalue weighted by atomic mass is 10.1. The molecule has 2 aliphatic rings. The van der Waals surface area contributed by atoms with Crippen LogP contribution in [0.3, 0.4) is 0 Å². The zero-order valence-corrected chi connectivity index (χ0v) is 20.7. The number of halogens is 1. The van der Waals surface area contributed by atoms with Crippen LogP contribution in [-0.2, 0) is 21.1 Å². The SMILES string of the molecule is COc1ccc(CC(=O)N=C2S[C@H]3CS(=O)(=O)C[C@@H]3N2c2cc(Cl)c(OC)cc2OC)cc1. The number of amidine groups is 1. The van der Waals surface area contributed by atoms with Gasteiger partial charge < -0.3 is 19.1 Å². The molecule has 0 radical (unpaired) electrons. The summed E-state index contributed by atoms with van der Waals surface area (Å²) < 4.78 is 40.6. The fraction of sp³-hybridized carbons (Fsp3) is 0.364. The van der Waals surface area contributed by atoms with E-state index in [0.717, 1.165) is 5.56 Å². The highest BCUT2D eigenvalue weighted by molar-refractivity contribution is 8.16. The molecule has 176 valence electrons. The second-order valence-electron chi connectivity index (χ2n) is 7.64. The summed E-state index contributed by atoms with van der Waals surface area (Å²) in [4.78, 5) is 18.9. The van der Waals surface area contributed by atoms with E-state index in [1.165, 1.54) is 26.0 Å². The van der Waals surface area contributed by atoms with E-state index in [0.29, 0.717) is 33.1 Å². The first kappa shape index (κ1) is 23.7. The van der Waals surface area contributed by atoms with Gasteiger partial charge in [-0.25, -0.2) is 8.42 Å². The number of nitrogens with zero attached hydrogens (tertiary/aromatic N) is 2. The third kappa shape index (κ3) is 4.92. The van der Waals surface area contributed by atoms with Gasteiger partial charge in [-0.15, -0.1) is 0 Å². The number of hydrogen-bond donors (Lipinski definition) is 0. The Morgan fingerprint density at radius 3 is 2.42 bits per heavy atom. The predicted octanol–water partition coefficient (Wildman–Crippen LogP) is 3.21. The van der Waals surface area contributed by atoms with E-state index in [9.17, 15) is 13.2 Å². The number of aliphatic imine (C=N–C) groups is 1. The van der Waals surface area contributed by atoms with E-state index < -0.39 is 9.84 Å². The maximum atomic E-state index is 12.8. The zero-order valence-electron chi connectivity index (χ0n) is 18.3. The molecule has 0 bridgehead atoms. The van der Waals surface area contributed by atoms with Crippen LogP contribution in [0.5, 0.6) is 17.2 Å². The van der Waals surface area contributed by atoms with Crippen LogP contribution in [0.15, 0.2) is 41.4 Å². The fourth-order valence-corrected chi connectivity index (χ4v) is 8.10. The number of hydrogen-bond acceptors (Lipinski definition) is 7. The lowest BCUT2D eigenvalue weighted by molar-refractivity contribution is -0.117. The number of methoxy groups -OCH3 is 3. The number of fused-ring (bicyclic) bond motifs is 1. The summed E-state index contributed by atoms with van der Waals surface area (Å²) in [5, 5.41) is 0.526. The van der Waals surface area contributed by atoms with E-state index in [-0.39, 0.29) is 35.1 Å². The first-order valence-electron chi connectivity index (χ1n) is 10.1. The second-order valence-corrected chi connectivity index (χ2v) is 11.4. The molecule has 2 aromatic carbocycles. The second kappa shape index (κ2) is 9.44. The van der Waals surface area contributed by atoms with Gasteiger partial charge in [-0.1, -0.05) is 35.5 Å². The van der Waals surface area contributed by atoms with Crippen molar-refractivity contribution in [1.29, 1.82) is 0 Å². The van der Waals surface area contributed by atoms with E-state index in [4.69, 9.17) is 25.8 Å². The Morgan fingerprint density at radius 1 is 1.09 bits per heavy atom. The van der Waals surface area contributed by atoms with Gasteiger partial charge in [-0.3, -0.25) is 4.79 Å². The molecule has 8 nitrogen and oxygen atoms in total. The van der Waals surface area contributed by atoms with Gasteiger partial charge in [0.05, 0.1) is 56.0 Å². The molecule has 33 heavy (non-hydrogen) atoms. The number of benzene rings is 2. The smallest absolute Gasteiger partial charge is 0.252 e. The minimum Gasteiger partial charge on any atom is -0.497 e. The van der Waals surface area contributed by atoms with Gasteiger partial charge in [0, 0.05) is 11.3 Å². The Bertz CT molecular complexity index is 1200. The van der Waals surface area contributed by atoms with Crippen LogP contribution < -0.4 is 19.1 Å². The predicted molar refractivity (Wildman–Crippen MR) is 130 cm³/mol. The minimum atomic E-state index is -3.21. The topological polar surface area (TPSA) is 94.5 Å². The fourth-order valence-electron chi connectivity index (χ4n) is 3.94. The highest BCUT2D eigenvalue weighted by Crippen LogP contribution is 2.46. The molecule has 0 aromatic heterocycles. The Kier molecular flexibility index (Phi) is 6.78. The Morgan fingerprint density at radius 2 is 1.79 bits per heavy atom. The van der Waals surface area contributed by atoms with Gasteiger partial charge in [0.15, 0.2) is 15.0 Å². The highest BCUT2D eigenvalue weighted by atomic mass is 35.5. The van der Waals surface area contributed by atoms with Crippen LogP contribution in [0.2, 0.25) is 5.02 Å². The van der Waals surface area contributed by atoms with Crippen molar-refractivity contribution in [2.45, 2.75) is 17.7 Å². The van der Waals surface area contributed by atoms with Crippen LogP contribution >= 0.6 is 23.4 Å². The summed E-state index contributed by atoms with van der Waals surface area (Å²) in [6, 6.07) is 10.1. The van der Waals surface area contributed by atoms with E-state index in [1.807, 2.05) is 12.1 Å². The van der Waals surface area contributed by atoms with Gasteiger partial charge in [0.2, 0.25) is 0 Å².